The Hall–Kier alpha value is -1.17. The number of hydrogen-bond acceptors (Lipinski definition) is 4. The largest absolute Gasteiger partial charge is 0.372 e. The van der Waals surface area contributed by atoms with Gasteiger partial charge in [-0.3, -0.25) is 4.79 Å². The molecule has 2 aromatic rings. The molecule has 0 spiro atoms. The van der Waals surface area contributed by atoms with Gasteiger partial charge in [0.2, 0.25) is 5.91 Å². The topological polar surface area (TPSA) is 29.5 Å². The summed E-state index contributed by atoms with van der Waals surface area (Å²) >= 11 is 3.43. The zero-order valence-electron chi connectivity index (χ0n) is 12.4. The molecule has 0 saturated carbocycles. The van der Waals surface area contributed by atoms with E-state index in [1.54, 1.807) is 22.7 Å². The van der Waals surface area contributed by atoms with Crippen LogP contribution in [0.25, 0.3) is 0 Å². The first-order valence-corrected chi connectivity index (χ1v) is 9.64. The van der Waals surface area contributed by atoms with Gasteiger partial charge in [-0.15, -0.1) is 11.3 Å². The highest BCUT2D eigenvalue weighted by molar-refractivity contribution is 7.10. The van der Waals surface area contributed by atoms with Crippen molar-refractivity contribution in [1.29, 1.82) is 0 Å². The lowest BCUT2D eigenvalue weighted by molar-refractivity contribution is -0.135. The molecule has 0 aromatic carbocycles. The molecule has 4 rings (SSSR count). The van der Waals surface area contributed by atoms with Crippen molar-refractivity contribution in [2.75, 3.05) is 13.2 Å². The van der Waals surface area contributed by atoms with E-state index >= 15 is 0 Å². The molecule has 0 N–H and O–H groups in total. The van der Waals surface area contributed by atoms with Crippen LogP contribution in [0, 0.1) is 0 Å². The third kappa shape index (κ3) is 2.62. The van der Waals surface area contributed by atoms with Crippen LogP contribution < -0.4 is 0 Å². The molecule has 22 heavy (non-hydrogen) atoms. The summed E-state index contributed by atoms with van der Waals surface area (Å²) in [5.74, 6) is 0.236. The number of rotatable bonds is 3. The van der Waals surface area contributed by atoms with E-state index in [9.17, 15) is 4.79 Å². The SMILES string of the molecule is O=C(CC1OCCc2ccsc21)N1CCCC1c1ccsc1. The number of carbonyl (C=O) groups excluding carboxylic acids is 1. The van der Waals surface area contributed by atoms with Crippen molar-refractivity contribution in [2.45, 2.75) is 37.8 Å². The molecular formula is C17H19NO2S2. The summed E-state index contributed by atoms with van der Waals surface area (Å²) in [6, 6.07) is 4.59. The lowest BCUT2D eigenvalue weighted by Crippen LogP contribution is -2.32. The zero-order valence-corrected chi connectivity index (χ0v) is 14.0. The minimum absolute atomic E-state index is 0.0417. The van der Waals surface area contributed by atoms with E-state index in [0.717, 1.165) is 32.4 Å². The Kier molecular flexibility index (Phi) is 4.03. The predicted molar refractivity (Wildman–Crippen MR) is 89.3 cm³/mol. The van der Waals surface area contributed by atoms with Crippen LogP contribution in [-0.4, -0.2) is 24.0 Å². The predicted octanol–water partition coefficient (Wildman–Crippen LogP) is 4.18. The third-order valence-electron chi connectivity index (χ3n) is 4.62. The lowest BCUT2D eigenvalue weighted by atomic mass is 10.0. The zero-order chi connectivity index (χ0) is 14.9. The van der Waals surface area contributed by atoms with Crippen molar-refractivity contribution in [3.8, 4) is 0 Å². The van der Waals surface area contributed by atoms with Crippen LogP contribution in [0.3, 0.4) is 0 Å². The van der Waals surface area contributed by atoms with Gasteiger partial charge in [-0.2, -0.15) is 11.3 Å². The highest BCUT2D eigenvalue weighted by atomic mass is 32.1. The third-order valence-corrected chi connectivity index (χ3v) is 6.38. The van der Waals surface area contributed by atoms with Crippen molar-refractivity contribution in [2.24, 2.45) is 0 Å². The molecule has 0 aliphatic carbocycles. The Morgan fingerprint density at radius 3 is 3.18 bits per heavy atom. The van der Waals surface area contributed by atoms with Crippen LogP contribution in [0.15, 0.2) is 28.3 Å². The maximum Gasteiger partial charge on any atom is 0.226 e. The fourth-order valence-electron chi connectivity index (χ4n) is 3.53. The second kappa shape index (κ2) is 6.14. The molecule has 2 atom stereocenters. The first-order chi connectivity index (χ1) is 10.8. The summed E-state index contributed by atoms with van der Waals surface area (Å²) in [6.07, 6.45) is 3.60. The van der Waals surface area contributed by atoms with E-state index in [2.05, 4.69) is 33.2 Å². The number of fused-ring (bicyclic) bond motifs is 1. The minimum atomic E-state index is -0.0417. The van der Waals surface area contributed by atoms with Gasteiger partial charge in [0.05, 0.1) is 19.1 Å². The van der Waals surface area contributed by atoms with Crippen LogP contribution in [0.1, 0.15) is 47.4 Å². The number of nitrogens with zero attached hydrogens (tertiary/aromatic N) is 1. The molecule has 2 aliphatic heterocycles. The Bertz CT molecular complexity index is 649. The molecular weight excluding hydrogens is 314 g/mol. The molecule has 2 aliphatic rings. The number of carbonyl (C=O) groups is 1. The lowest BCUT2D eigenvalue weighted by Gasteiger charge is -2.28. The van der Waals surface area contributed by atoms with Gasteiger partial charge in [0.25, 0.3) is 0 Å². The Labute approximate surface area is 138 Å². The second-order valence-corrected chi connectivity index (χ2v) is 7.65. The molecule has 4 heterocycles. The number of thiophene rings is 2. The van der Waals surface area contributed by atoms with Gasteiger partial charge in [0, 0.05) is 11.4 Å². The van der Waals surface area contributed by atoms with E-state index < -0.39 is 0 Å². The van der Waals surface area contributed by atoms with Crippen LogP contribution >= 0.6 is 22.7 Å². The minimum Gasteiger partial charge on any atom is -0.372 e. The van der Waals surface area contributed by atoms with E-state index in [1.165, 1.54) is 16.0 Å². The molecule has 1 saturated heterocycles. The average molecular weight is 333 g/mol. The number of likely N-dealkylation sites (tertiary alicyclic amines) is 1. The van der Waals surface area contributed by atoms with Crippen molar-refractivity contribution >= 4 is 28.6 Å². The van der Waals surface area contributed by atoms with Gasteiger partial charge >= 0.3 is 0 Å². The van der Waals surface area contributed by atoms with Crippen molar-refractivity contribution < 1.29 is 9.53 Å². The smallest absolute Gasteiger partial charge is 0.226 e. The summed E-state index contributed by atoms with van der Waals surface area (Å²) in [6.45, 7) is 1.61. The van der Waals surface area contributed by atoms with Gasteiger partial charge < -0.3 is 9.64 Å². The first-order valence-electron chi connectivity index (χ1n) is 7.82. The molecule has 0 bridgehead atoms. The maximum atomic E-state index is 12.8. The van der Waals surface area contributed by atoms with E-state index in [1.807, 2.05) is 0 Å². The monoisotopic (exact) mass is 333 g/mol. The summed E-state index contributed by atoms with van der Waals surface area (Å²) in [5, 5.41) is 6.38. The Balaban J connectivity index is 1.49. The summed E-state index contributed by atoms with van der Waals surface area (Å²) in [5.41, 5.74) is 2.65. The van der Waals surface area contributed by atoms with Crippen molar-refractivity contribution in [3.63, 3.8) is 0 Å². The molecule has 1 fully saturated rings. The van der Waals surface area contributed by atoms with Gasteiger partial charge in [0.1, 0.15) is 6.10 Å². The van der Waals surface area contributed by atoms with E-state index in [0.29, 0.717) is 6.42 Å². The van der Waals surface area contributed by atoms with Crippen LogP contribution in [0.4, 0.5) is 0 Å². The Morgan fingerprint density at radius 1 is 1.36 bits per heavy atom. The maximum absolute atomic E-state index is 12.8. The van der Waals surface area contributed by atoms with Crippen molar-refractivity contribution in [1.82, 2.24) is 4.90 Å². The molecule has 1 amide bonds. The van der Waals surface area contributed by atoms with Crippen LogP contribution in [0.5, 0.6) is 0 Å². The first kappa shape index (κ1) is 14.4. The standard InChI is InChI=1S/C17H19NO2S2/c19-16(10-15-17-12(3-7-20-15)5-9-22-17)18-6-1-2-14(18)13-4-8-21-11-13/h4-5,8-9,11,14-15H,1-3,6-7,10H2. The number of amides is 1. The van der Waals surface area contributed by atoms with E-state index in [4.69, 9.17) is 4.74 Å². The second-order valence-electron chi connectivity index (χ2n) is 5.93. The molecule has 2 unspecified atom stereocenters. The average Bonchev–Trinajstić information content (AvgIpc) is 3.27. The highest BCUT2D eigenvalue weighted by Gasteiger charge is 2.33. The molecule has 2 aromatic heterocycles. The quantitative estimate of drug-likeness (QED) is 0.843. The summed E-state index contributed by atoms with van der Waals surface area (Å²) < 4.78 is 5.88. The van der Waals surface area contributed by atoms with Gasteiger partial charge in [-0.05, 0) is 58.7 Å². The fraction of sp³-hybridized carbons (Fsp3) is 0.471. The Morgan fingerprint density at radius 2 is 2.32 bits per heavy atom. The normalized spacial score (nSPS) is 24.5. The number of ether oxygens (including phenoxy) is 1. The summed E-state index contributed by atoms with van der Waals surface area (Å²) in [4.78, 5) is 16.1. The molecule has 116 valence electrons. The van der Waals surface area contributed by atoms with Gasteiger partial charge in [-0.25, -0.2) is 0 Å². The van der Waals surface area contributed by atoms with Gasteiger partial charge in [0.15, 0.2) is 0 Å². The molecule has 3 nitrogen and oxygen atoms in total. The fourth-order valence-corrected chi connectivity index (χ4v) is 5.24. The molecule has 0 radical (unpaired) electrons. The van der Waals surface area contributed by atoms with Gasteiger partial charge in [-0.1, -0.05) is 0 Å². The van der Waals surface area contributed by atoms with E-state index in [-0.39, 0.29) is 18.1 Å². The van der Waals surface area contributed by atoms with Crippen LogP contribution in [0.2, 0.25) is 0 Å². The molecule has 5 heteroatoms. The highest BCUT2D eigenvalue weighted by Crippen LogP contribution is 2.37. The van der Waals surface area contributed by atoms with Crippen LogP contribution in [-0.2, 0) is 16.0 Å². The van der Waals surface area contributed by atoms with Crippen molar-refractivity contribution in [3.05, 3.63) is 44.3 Å². The number of hydrogen-bond donors (Lipinski definition) is 0. The summed E-state index contributed by atoms with van der Waals surface area (Å²) in [7, 11) is 0.